The van der Waals surface area contributed by atoms with Crippen LogP contribution in [0, 0.1) is 12.7 Å². The van der Waals surface area contributed by atoms with E-state index >= 15 is 0 Å². The molecule has 1 saturated heterocycles. The minimum atomic E-state index is -0.308. The summed E-state index contributed by atoms with van der Waals surface area (Å²) in [6.07, 6.45) is 4.64. The van der Waals surface area contributed by atoms with Gasteiger partial charge in [-0.25, -0.2) is 4.39 Å². The summed E-state index contributed by atoms with van der Waals surface area (Å²) in [5.74, 6) is 0.110. The van der Waals surface area contributed by atoms with Gasteiger partial charge in [-0.05, 0) is 36.8 Å². The Labute approximate surface area is 145 Å². The Morgan fingerprint density at radius 3 is 2.28 bits per heavy atom. The molecule has 0 bridgehead atoms. The lowest BCUT2D eigenvalue weighted by molar-refractivity contribution is -0.127. The number of hydrogen-bond acceptors (Lipinski definition) is 3. The summed E-state index contributed by atoms with van der Waals surface area (Å²) in [5, 5.41) is 0. The van der Waals surface area contributed by atoms with Crippen molar-refractivity contribution in [3.63, 3.8) is 0 Å². The summed E-state index contributed by atoms with van der Waals surface area (Å²) in [6.45, 7) is 3.69. The summed E-state index contributed by atoms with van der Waals surface area (Å²) in [6, 6.07) is 7.60. The molecule has 0 spiro atoms. The highest BCUT2D eigenvalue weighted by Crippen LogP contribution is 2.14. The molecular formula is C19H19FN2O3. The van der Waals surface area contributed by atoms with Gasteiger partial charge in [-0.1, -0.05) is 12.1 Å². The normalized spacial score (nSPS) is 15.0. The van der Waals surface area contributed by atoms with Crippen LogP contribution in [-0.2, 0) is 4.79 Å². The molecule has 2 heterocycles. The van der Waals surface area contributed by atoms with Crippen LogP contribution in [0.2, 0.25) is 0 Å². The molecular weight excluding hydrogens is 323 g/mol. The first-order chi connectivity index (χ1) is 12.0. The standard InChI is InChI=1S/C19H19FN2O3/c1-14-17(8-13-25-14)19(24)22-11-9-21(10-12-22)18(23)7-4-15-2-5-16(20)6-3-15/h2-8,13H,9-12H2,1H3. The zero-order valence-electron chi connectivity index (χ0n) is 13.9. The minimum Gasteiger partial charge on any atom is -0.469 e. The largest absolute Gasteiger partial charge is 0.469 e. The molecule has 1 aromatic heterocycles. The molecule has 0 saturated carbocycles. The molecule has 25 heavy (non-hydrogen) atoms. The maximum Gasteiger partial charge on any atom is 0.257 e. The lowest BCUT2D eigenvalue weighted by Crippen LogP contribution is -2.50. The third kappa shape index (κ3) is 3.96. The van der Waals surface area contributed by atoms with E-state index in [9.17, 15) is 14.0 Å². The molecule has 0 N–H and O–H groups in total. The van der Waals surface area contributed by atoms with Crippen molar-refractivity contribution in [1.29, 1.82) is 0 Å². The van der Waals surface area contributed by atoms with E-state index < -0.39 is 0 Å². The molecule has 6 heteroatoms. The Hall–Kier alpha value is -2.89. The lowest BCUT2D eigenvalue weighted by Gasteiger charge is -2.34. The molecule has 0 unspecified atom stereocenters. The van der Waals surface area contributed by atoms with E-state index in [-0.39, 0.29) is 17.6 Å². The first kappa shape index (κ1) is 17.0. The number of piperazine rings is 1. The fraction of sp³-hybridized carbons (Fsp3) is 0.263. The highest BCUT2D eigenvalue weighted by Gasteiger charge is 2.25. The Balaban J connectivity index is 1.55. The maximum absolute atomic E-state index is 12.9. The van der Waals surface area contributed by atoms with Crippen molar-refractivity contribution >= 4 is 17.9 Å². The van der Waals surface area contributed by atoms with Crippen LogP contribution in [0.3, 0.4) is 0 Å². The van der Waals surface area contributed by atoms with Crippen LogP contribution in [0.25, 0.3) is 6.08 Å². The number of carbonyl (C=O) groups is 2. The number of amides is 2. The Bertz CT molecular complexity index is 787. The number of furan rings is 1. The van der Waals surface area contributed by atoms with Gasteiger partial charge in [0.15, 0.2) is 0 Å². The highest BCUT2D eigenvalue weighted by atomic mass is 19.1. The van der Waals surface area contributed by atoms with E-state index in [1.165, 1.54) is 24.5 Å². The van der Waals surface area contributed by atoms with Crippen molar-refractivity contribution in [1.82, 2.24) is 9.80 Å². The summed E-state index contributed by atoms with van der Waals surface area (Å²) in [5.41, 5.74) is 1.33. The average Bonchev–Trinajstić information content (AvgIpc) is 3.06. The van der Waals surface area contributed by atoms with Crippen molar-refractivity contribution in [2.24, 2.45) is 0 Å². The molecule has 1 aliphatic rings. The summed E-state index contributed by atoms with van der Waals surface area (Å²) < 4.78 is 18.0. The van der Waals surface area contributed by atoms with Gasteiger partial charge in [0.2, 0.25) is 5.91 Å². The molecule has 3 rings (SSSR count). The van der Waals surface area contributed by atoms with Crippen LogP contribution in [-0.4, -0.2) is 47.8 Å². The predicted octanol–water partition coefficient (Wildman–Crippen LogP) is 2.72. The van der Waals surface area contributed by atoms with Crippen molar-refractivity contribution < 1.29 is 18.4 Å². The molecule has 130 valence electrons. The molecule has 0 atom stereocenters. The van der Waals surface area contributed by atoms with Crippen molar-refractivity contribution in [3.8, 4) is 0 Å². The van der Waals surface area contributed by atoms with E-state index in [0.717, 1.165) is 5.56 Å². The Morgan fingerprint density at radius 2 is 1.68 bits per heavy atom. The third-order valence-corrected chi connectivity index (χ3v) is 4.26. The van der Waals surface area contributed by atoms with Crippen LogP contribution < -0.4 is 0 Å². The van der Waals surface area contributed by atoms with E-state index in [2.05, 4.69) is 0 Å². The number of rotatable bonds is 3. The van der Waals surface area contributed by atoms with E-state index in [1.807, 2.05) is 0 Å². The van der Waals surface area contributed by atoms with Crippen molar-refractivity contribution in [3.05, 3.63) is 65.4 Å². The Kier molecular flexibility index (Phi) is 4.97. The molecule has 1 aliphatic heterocycles. The first-order valence-electron chi connectivity index (χ1n) is 8.10. The number of nitrogens with zero attached hydrogens (tertiary/aromatic N) is 2. The molecule has 2 aromatic rings. The smallest absolute Gasteiger partial charge is 0.257 e. The van der Waals surface area contributed by atoms with Crippen LogP contribution >= 0.6 is 0 Å². The monoisotopic (exact) mass is 342 g/mol. The number of aryl methyl sites for hydroxylation is 1. The van der Waals surface area contributed by atoms with E-state index in [1.54, 1.807) is 41.0 Å². The molecule has 5 nitrogen and oxygen atoms in total. The number of hydrogen-bond donors (Lipinski definition) is 0. The van der Waals surface area contributed by atoms with Crippen molar-refractivity contribution in [2.45, 2.75) is 6.92 Å². The van der Waals surface area contributed by atoms with Gasteiger partial charge in [-0.2, -0.15) is 0 Å². The topological polar surface area (TPSA) is 53.8 Å². The molecule has 0 radical (unpaired) electrons. The average molecular weight is 342 g/mol. The van der Waals surface area contributed by atoms with Gasteiger partial charge in [-0.3, -0.25) is 9.59 Å². The minimum absolute atomic E-state index is 0.0693. The lowest BCUT2D eigenvalue weighted by atomic mass is 10.2. The quantitative estimate of drug-likeness (QED) is 0.806. The SMILES string of the molecule is Cc1occc1C(=O)N1CCN(C(=O)C=Cc2ccc(F)cc2)CC1. The second-order valence-corrected chi connectivity index (χ2v) is 5.89. The number of halogens is 1. The van der Waals surface area contributed by atoms with Gasteiger partial charge < -0.3 is 14.2 Å². The highest BCUT2D eigenvalue weighted by molar-refractivity contribution is 5.95. The van der Waals surface area contributed by atoms with E-state index in [0.29, 0.717) is 37.5 Å². The van der Waals surface area contributed by atoms with Crippen LogP contribution in [0.15, 0.2) is 47.1 Å². The maximum atomic E-state index is 12.9. The second-order valence-electron chi connectivity index (χ2n) is 5.89. The number of carbonyl (C=O) groups excluding carboxylic acids is 2. The van der Waals surface area contributed by atoms with Crippen molar-refractivity contribution in [2.75, 3.05) is 26.2 Å². The molecule has 0 aliphatic carbocycles. The third-order valence-electron chi connectivity index (χ3n) is 4.26. The summed E-state index contributed by atoms with van der Waals surface area (Å²) >= 11 is 0. The van der Waals surface area contributed by atoms with Crippen LogP contribution in [0.1, 0.15) is 21.7 Å². The van der Waals surface area contributed by atoms with Gasteiger partial charge in [0, 0.05) is 32.3 Å². The van der Waals surface area contributed by atoms with Gasteiger partial charge in [0.25, 0.3) is 5.91 Å². The van der Waals surface area contributed by atoms with Gasteiger partial charge in [0.1, 0.15) is 11.6 Å². The predicted molar refractivity (Wildman–Crippen MR) is 91.4 cm³/mol. The first-order valence-corrected chi connectivity index (χ1v) is 8.10. The van der Waals surface area contributed by atoms with Gasteiger partial charge >= 0.3 is 0 Å². The number of benzene rings is 1. The molecule has 1 fully saturated rings. The second kappa shape index (κ2) is 7.34. The van der Waals surface area contributed by atoms with Crippen LogP contribution in [0.5, 0.6) is 0 Å². The zero-order chi connectivity index (χ0) is 17.8. The summed E-state index contributed by atoms with van der Waals surface area (Å²) in [4.78, 5) is 28.1. The summed E-state index contributed by atoms with van der Waals surface area (Å²) in [7, 11) is 0. The zero-order valence-corrected chi connectivity index (χ0v) is 13.9. The molecule has 1 aromatic carbocycles. The van der Waals surface area contributed by atoms with E-state index in [4.69, 9.17) is 4.42 Å². The Morgan fingerprint density at radius 1 is 1.04 bits per heavy atom. The molecule has 2 amide bonds. The fourth-order valence-corrected chi connectivity index (χ4v) is 2.75. The van der Waals surface area contributed by atoms with Gasteiger partial charge in [-0.15, -0.1) is 0 Å². The van der Waals surface area contributed by atoms with Crippen LogP contribution in [0.4, 0.5) is 4.39 Å². The van der Waals surface area contributed by atoms with Gasteiger partial charge in [0.05, 0.1) is 11.8 Å². The fourth-order valence-electron chi connectivity index (χ4n) is 2.75.